The van der Waals surface area contributed by atoms with Crippen LogP contribution < -0.4 is 5.73 Å². The van der Waals surface area contributed by atoms with Gasteiger partial charge in [-0.15, -0.1) is 0 Å². The molecule has 1 saturated heterocycles. The van der Waals surface area contributed by atoms with Gasteiger partial charge in [-0.3, -0.25) is 10.1 Å². The van der Waals surface area contributed by atoms with E-state index >= 15 is 0 Å². The van der Waals surface area contributed by atoms with E-state index in [0.717, 1.165) is 16.8 Å². The van der Waals surface area contributed by atoms with E-state index in [-0.39, 0.29) is 17.6 Å². The molecule has 110 valence electrons. The van der Waals surface area contributed by atoms with Crippen molar-refractivity contribution in [2.75, 3.05) is 13.1 Å². The zero-order valence-electron chi connectivity index (χ0n) is 10.5. The van der Waals surface area contributed by atoms with Gasteiger partial charge in [-0.25, -0.2) is 8.42 Å². The average molecular weight is 320 g/mol. The Morgan fingerprint density at radius 2 is 2.15 bits per heavy atom. The molecular weight excluding hydrogens is 306 g/mol. The van der Waals surface area contributed by atoms with Crippen molar-refractivity contribution >= 4 is 27.3 Å². The molecule has 0 aliphatic carbocycles. The molecule has 1 aromatic rings. The molecule has 2 N–H and O–H groups in total. The smallest absolute Gasteiger partial charge is 0.290 e. The molecule has 1 aliphatic rings. The van der Waals surface area contributed by atoms with Gasteiger partial charge in [0.05, 0.1) is 9.95 Å². The number of hydrogen-bond donors (Lipinski definition) is 1. The number of halogens is 1. The number of nitro groups is 1. The second-order valence-corrected chi connectivity index (χ2v) is 6.89. The van der Waals surface area contributed by atoms with Crippen LogP contribution in [0.3, 0.4) is 0 Å². The van der Waals surface area contributed by atoms with Crippen molar-refractivity contribution in [3.05, 3.63) is 33.3 Å². The third kappa shape index (κ3) is 2.78. The first-order valence-corrected chi connectivity index (χ1v) is 7.84. The summed E-state index contributed by atoms with van der Waals surface area (Å²) in [5, 5.41) is 10.9. The van der Waals surface area contributed by atoms with Crippen molar-refractivity contribution in [3.63, 3.8) is 0 Å². The lowest BCUT2D eigenvalue weighted by atomic mass is 10.1. The van der Waals surface area contributed by atoms with Gasteiger partial charge in [0.2, 0.25) is 0 Å². The molecule has 20 heavy (non-hydrogen) atoms. The molecule has 0 amide bonds. The minimum Gasteiger partial charge on any atom is -0.327 e. The summed E-state index contributed by atoms with van der Waals surface area (Å²) in [7, 11) is -4.02. The van der Waals surface area contributed by atoms with Gasteiger partial charge in [0.1, 0.15) is 0 Å². The molecule has 1 fully saturated rings. The third-order valence-corrected chi connectivity index (χ3v) is 5.54. The SMILES string of the molecule is NC1CCCN(S(=O)(=O)c2c(Cl)cccc2[N+](=O)[O-])C1. The van der Waals surface area contributed by atoms with E-state index in [1.807, 2.05) is 0 Å². The molecule has 7 nitrogen and oxygen atoms in total. The molecule has 1 unspecified atom stereocenters. The first kappa shape index (κ1) is 15.2. The number of hydrogen-bond acceptors (Lipinski definition) is 5. The normalized spacial score (nSPS) is 20.8. The van der Waals surface area contributed by atoms with E-state index in [1.54, 1.807) is 0 Å². The zero-order chi connectivity index (χ0) is 14.9. The second-order valence-electron chi connectivity index (χ2n) is 4.61. The van der Waals surface area contributed by atoms with Crippen LogP contribution in [0.4, 0.5) is 5.69 Å². The summed E-state index contributed by atoms with van der Waals surface area (Å²) in [4.78, 5) is 9.80. The van der Waals surface area contributed by atoms with Gasteiger partial charge in [0.25, 0.3) is 15.7 Å². The fourth-order valence-electron chi connectivity index (χ4n) is 2.22. The number of nitrogens with zero attached hydrogens (tertiary/aromatic N) is 2. The Morgan fingerprint density at radius 3 is 2.75 bits per heavy atom. The fraction of sp³-hybridized carbons (Fsp3) is 0.455. The summed E-state index contributed by atoms with van der Waals surface area (Å²) in [5.74, 6) is 0. The molecule has 1 aromatic carbocycles. The average Bonchev–Trinajstić information content (AvgIpc) is 2.38. The molecule has 9 heteroatoms. The summed E-state index contributed by atoms with van der Waals surface area (Å²) < 4.78 is 26.3. The Bertz CT molecular complexity index is 635. The summed E-state index contributed by atoms with van der Waals surface area (Å²) in [5.41, 5.74) is 5.25. The predicted molar refractivity (Wildman–Crippen MR) is 74.1 cm³/mol. The molecule has 1 heterocycles. The third-order valence-electron chi connectivity index (χ3n) is 3.16. The van der Waals surface area contributed by atoms with Crippen molar-refractivity contribution in [3.8, 4) is 0 Å². The Hall–Kier alpha value is -1.22. The highest BCUT2D eigenvalue weighted by molar-refractivity contribution is 7.89. The summed E-state index contributed by atoms with van der Waals surface area (Å²) in [6, 6.07) is 3.54. The maximum atomic E-state index is 12.6. The van der Waals surface area contributed by atoms with Crippen molar-refractivity contribution in [2.24, 2.45) is 5.73 Å². The minimum absolute atomic E-state index is 0.144. The molecule has 1 aliphatic heterocycles. The van der Waals surface area contributed by atoms with Crippen molar-refractivity contribution < 1.29 is 13.3 Å². The molecule has 0 saturated carbocycles. The Balaban J connectivity index is 2.52. The topological polar surface area (TPSA) is 107 Å². The minimum atomic E-state index is -4.02. The van der Waals surface area contributed by atoms with E-state index in [1.165, 1.54) is 12.1 Å². The van der Waals surface area contributed by atoms with Crippen LogP contribution in [-0.2, 0) is 10.0 Å². The number of nitrogens with two attached hydrogens (primary N) is 1. The number of sulfonamides is 1. The van der Waals surface area contributed by atoms with Crippen LogP contribution in [-0.4, -0.2) is 36.8 Å². The summed E-state index contributed by atoms with van der Waals surface area (Å²) in [6.45, 7) is 0.434. The maximum absolute atomic E-state index is 12.6. The van der Waals surface area contributed by atoms with Gasteiger partial charge < -0.3 is 5.73 Å². The van der Waals surface area contributed by atoms with Crippen molar-refractivity contribution in [1.82, 2.24) is 4.31 Å². The molecule has 0 bridgehead atoms. The van der Waals surface area contributed by atoms with Crippen molar-refractivity contribution in [2.45, 2.75) is 23.8 Å². The van der Waals surface area contributed by atoms with E-state index in [4.69, 9.17) is 17.3 Å². The van der Waals surface area contributed by atoms with Crippen LogP contribution >= 0.6 is 11.6 Å². The van der Waals surface area contributed by atoms with E-state index < -0.39 is 25.5 Å². The van der Waals surface area contributed by atoms with Gasteiger partial charge >= 0.3 is 0 Å². The summed E-state index contributed by atoms with van der Waals surface area (Å²) in [6.07, 6.45) is 1.36. The first-order chi connectivity index (χ1) is 9.34. The molecule has 0 spiro atoms. The highest BCUT2D eigenvalue weighted by Crippen LogP contribution is 2.34. The summed E-state index contributed by atoms with van der Waals surface area (Å²) >= 11 is 5.87. The highest BCUT2D eigenvalue weighted by atomic mass is 35.5. The Labute approximate surface area is 121 Å². The standard InChI is InChI=1S/C11H14ClN3O4S/c12-9-4-1-5-10(15(16)17)11(9)20(18,19)14-6-2-3-8(13)7-14/h1,4-5,8H,2-3,6-7,13H2. The van der Waals surface area contributed by atoms with Crippen molar-refractivity contribution in [1.29, 1.82) is 0 Å². The van der Waals surface area contributed by atoms with Gasteiger partial charge in [0, 0.05) is 25.2 Å². The van der Waals surface area contributed by atoms with Crippen LogP contribution in [0.25, 0.3) is 0 Å². The first-order valence-electron chi connectivity index (χ1n) is 6.02. The van der Waals surface area contributed by atoms with Gasteiger partial charge in [-0.05, 0) is 18.9 Å². The Morgan fingerprint density at radius 1 is 1.45 bits per heavy atom. The lowest BCUT2D eigenvalue weighted by molar-refractivity contribution is -0.387. The fourth-order valence-corrected chi connectivity index (χ4v) is 4.42. The Kier molecular flexibility index (Phi) is 4.28. The van der Waals surface area contributed by atoms with Gasteiger partial charge in [-0.2, -0.15) is 4.31 Å². The van der Waals surface area contributed by atoms with E-state index in [2.05, 4.69) is 0 Å². The largest absolute Gasteiger partial charge is 0.327 e. The van der Waals surface area contributed by atoms with Crippen LogP contribution in [0.1, 0.15) is 12.8 Å². The van der Waals surface area contributed by atoms with Crippen LogP contribution in [0.2, 0.25) is 5.02 Å². The molecule has 0 radical (unpaired) electrons. The maximum Gasteiger partial charge on any atom is 0.290 e. The molecule has 0 aromatic heterocycles. The lowest BCUT2D eigenvalue weighted by Gasteiger charge is -2.29. The number of rotatable bonds is 3. The second kappa shape index (κ2) is 5.65. The highest BCUT2D eigenvalue weighted by Gasteiger charge is 2.35. The zero-order valence-corrected chi connectivity index (χ0v) is 12.1. The monoisotopic (exact) mass is 319 g/mol. The van der Waals surface area contributed by atoms with Crippen LogP contribution in [0.5, 0.6) is 0 Å². The van der Waals surface area contributed by atoms with E-state index in [9.17, 15) is 18.5 Å². The van der Waals surface area contributed by atoms with Gasteiger partial charge in [-0.1, -0.05) is 17.7 Å². The van der Waals surface area contributed by atoms with Crippen LogP contribution in [0, 0.1) is 10.1 Å². The quantitative estimate of drug-likeness (QED) is 0.668. The predicted octanol–water partition coefficient (Wildman–Crippen LogP) is 1.36. The van der Waals surface area contributed by atoms with E-state index in [0.29, 0.717) is 13.0 Å². The molecular formula is C11H14ClN3O4S. The number of nitro benzene ring substituents is 1. The molecule has 1 atom stereocenters. The van der Waals surface area contributed by atoms with Gasteiger partial charge in [0.15, 0.2) is 4.90 Å². The number of piperidine rings is 1. The van der Waals surface area contributed by atoms with Crippen LogP contribution in [0.15, 0.2) is 23.1 Å². The lowest BCUT2D eigenvalue weighted by Crippen LogP contribution is -2.45. The molecule has 2 rings (SSSR count). The number of benzene rings is 1.